The molecule has 0 saturated carbocycles. The number of pyridine rings is 1. The first-order valence-electron chi connectivity index (χ1n) is 7.44. The molecule has 0 N–H and O–H groups in total. The van der Waals surface area contributed by atoms with Gasteiger partial charge < -0.3 is 9.47 Å². The second-order valence-corrected chi connectivity index (χ2v) is 6.96. The SMILES string of the molecule is COC(=O)C(C)OC(=O)c1cc(-c2ccc(Cl)s2)nc2ccccc12. The van der Waals surface area contributed by atoms with Crippen molar-refractivity contribution in [3.63, 3.8) is 0 Å². The fourth-order valence-corrected chi connectivity index (χ4v) is 3.36. The van der Waals surface area contributed by atoms with Crippen LogP contribution in [0, 0.1) is 0 Å². The Morgan fingerprint density at radius 2 is 1.96 bits per heavy atom. The fraction of sp³-hybridized carbons (Fsp3) is 0.167. The van der Waals surface area contributed by atoms with Crippen LogP contribution >= 0.6 is 22.9 Å². The van der Waals surface area contributed by atoms with Gasteiger partial charge in [-0.15, -0.1) is 11.3 Å². The molecule has 1 atom stereocenters. The number of benzene rings is 1. The number of nitrogens with zero attached hydrogens (tertiary/aromatic N) is 1. The summed E-state index contributed by atoms with van der Waals surface area (Å²) in [6.45, 7) is 1.47. The molecule has 3 rings (SSSR count). The minimum atomic E-state index is -0.996. The molecule has 0 amide bonds. The third kappa shape index (κ3) is 3.65. The number of hydrogen-bond donors (Lipinski definition) is 0. The number of carbonyl (C=O) groups is 2. The monoisotopic (exact) mass is 375 g/mol. The highest BCUT2D eigenvalue weighted by molar-refractivity contribution is 7.19. The van der Waals surface area contributed by atoms with Crippen LogP contribution in [0.5, 0.6) is 0 Å². The average Bonchev–Trinajstić information content (AvgIpc) is 3.06. The zero-order valence-corrected chi connectivity index (χ0v) is 15.1. The Morgan fingerprint density at radius 3 is 2.64 bits per heavy atom. The van der Waals surface area contributed by atoms with Crippen molar-refractivity contribution in [3.05, 3.63) is 52.4 Å². The lowest BCUT2D eigenvalue weighted by atomic mass is 10.1. The normalized spacial score (nSPS) is 12.0. The number of para-hydroxylation sites is 1. The van der Waals surface area contributed by atoms with E-state index in [1.54, 1.807) is 18.2 Å². The standard InChI is InChI=1S/C18H14ClNO4S/c1-10(17(21)23-2)24-18(22)12-9-14(15-7-8-16(19)25-15)20-13-6-4-3-5-11(12)13/h3-10H,1-2H3. The van der Waals surface area contributed by atoms with E-state index in [2.05, 4.69) is 9.72 Å². The zero-order chi connectivity index (χ0) is 18.0. The molecule has 0 aliphatic carbocycles. The number of rotatable bonds is 4. The maximum absolute atomic E-state index is 12.6. The van der Waals surface area contributed by atoms with Crippen LogP contribution in [0.15, 0.2) is 42.5 Å². The maximum atomic E-state index is 12.6. The lowest BCUT2D eigenvalue weighted by molar-refractivity contribution is -0.149. The van der Waals surface area contributed by atoms with Gasteiger partial charge in [-0.3, -0.25) is 0 Å². The van der Waals surface area contributed by atoms with Crippen molar-refractivity contribution in [2.45, 2.75) is 13.0 Å². The van der Waals surface area contributed by atoms with Crippen LogP contribution in [0.1, 0.15) is 17.3 Å². The maximum Gasteiger partial charge on any atom is 0.346 e. The smallest absolute Gasteiger partial charge is 0.346 e. The molecule has 0 aliphatic heterocycles. The van der Waals surface area contributed by atoms with E-state index in [1.807, 2.05) is 24.3 Å². The first kappa shape index (κ1) is 17.4. The zero-order valence-electron chi connectivity index (χ0n) is 13.5. The highest BCUT2D eigenvalue weighted by Gasteiger charge is 2.22. The van der Waals surface area contributed by atoms with E-state index in [9.17, 15) is 9.59 Å². The second-order valence-electron chi connectivity index (χ2n) is 5.25. The van der Waals surface area contributed by atoms with Gasteiger partial charge in [0.1, 0.15) is 0 Å². The van der Waals surface area contributed by atoms with Crippen molar-refractivity contribution in [3.8, 4) is 10.6 Å². The van der Waals surface area contributed by atoms with Crippen molar-refractivity contribution < 1.29 is 19.1 Å². The molecule has 2 aromatic heterocycles. The Bertz CT molecular complexity index is 953. The molecule has 3 aromatic rings. The quantitative estimate of drug-likeness (QED) is 0.635. The van der Waals surface area contributed by atoms with E-state index >= 15 is 0 Å². The summed E-state index contributed by atoms with van der Waals surface area (Å²) in [5.41, 5.74) is 1.61. The molecule has 1 aromatic carbocycles. The number of thiophene rings is 1. The van der Waals surface area contributed by atoms with Crippen molar-refractivity contribution in [2.75, 3.05) is 7.11 Å². The summed E-state index contributed by atoms with van der Waals surface area (Å²) in [6, 6.07) is 12.5. The number of halogens is 1. The van der Waals surface area contributed by atoms with Crippen molar-refractivity contribution in [2.24, 2.45) is 0 Å². The highest BCUT2D eigenvalue weighted by Crippen LogP contribution is 2.32. The summed E-state index contributed by atoms with van der Waals surface area (Å²) < 4.78 is 10.5. The average molecular weight is 376 g/mol. The summed E-state index contributed by atoms with van der Waals surface area (Å²) in [7, 11) is 1.24. The van der Waals surface area contributed by atoms with Crippen molar-refractivity contribution >= 4 is 45.8 Å². The van der Waals surface area contributed by atoms with Crippen LogP contribution < -0.4 is 0 Å². The van der Waals surface area contributed by atoms with Crippen LogP contribution in [0.4, 0.5) is 0 Å². The van der Waals surface area contributed by atoms with Gasteiger partial charge in [0, 0.05) is 5.39 Å². The molecule has 25 heavy (non-hydrogen) atoms. The number of hydrogen-bond acceptors (Lipinski definition) is 6. The van der Waals surface area contributed by atoms with Gasteiger partial charge in [0.15, 0.2) is 6.10 Å². The predicted octanol–water partition coefficient (Wildman–Crippen LogP) is 4.34. The number of ether oxygens (including phenoxy) is 2. The summed E-state index contributed by atoms with van der Waals surface area (Å²) in [5, 5.41) is 0.649. The summed E-state index contributed by atoms with van der Waals surface area (Å²) in [4.78, 5) is 29.5. The second kappa shape index (κ2) is 7.21. The van der Waals surface area contributed by atoms with Crippen LogP contribution in [0.25, 0.3) is 21.5 Å². The van der Waals surface area contributed by atoms with Gasteiger partial charge in [0.25, 0.3) is 0 Å². The van der Waals surface area contributed by atoms with Crippen LogP contribution in [0.2, 0.25) is 4.34 Å². The minimum Gasteiger partial charge on any atom is -0.466 e. The molecule has 7 heteroatoms. The number of esters is 2. The summed E-state index contributed by atoms with van der Waals surface area (Å²) in [5.74, 6) is -1.22. The molecular formula is C18H14ClNO4S. The number of aromatic nitrogens is 1. The lowest BCUT2D eigenvalue weighted by Gasteiger charge is -2.13. The molecular weight excluding hydrogens is 362 g/mol. The van der Waals surface area contributed by atoms with Gasteiger partial charge in [-0.25, -0.2) is 14.6 Å². The number of methoxy groups -OCH3 is 1. The molecule has 0 saturated heterocycles. The molecule has 0 bridgehead atoms. The van der Waals surface area contributed by atoms with E-state index in [4.69, 9.17) is 16.3 Å². The topological polar surface area (TPSA) is 65.5 Å². The number of fused-ring (bicyclic) bond motifs is 1. The van der Waals surface area contributed by atoms with Gasteiger partial charge in [0.05, 0.1) is 33.1 Å². The van der Waals surface area contributed by atoms with E-state index in [-0.39, 0.29) is 0 Å². The highest BCUT2D eigenvalue weighted by atomic mass is 35.5. The van der Waals surface area contributed by atoms with Gasteiger partial charge in [-0.2, -0.15) is 0 Å². The van der Waals surface area contributed by atoms with E-state index in [1.165, 1.54) is 25.4 Å². The Morgan fingerprint density at radius 1 is 1.20 bits per heavy atom. The Labute approximate surface area is 153 Å². The lowest BCUT2D eigenvalue weighted by Crippen LogP contribution is -2.25. The van der Waals surface area contributed by atoms with Gasteiger partial charge in [-0.1, -0.05) is 29.8 Å². The predicted molar refractivity (Wildman–Crippen MR) is 97.0 cm³/mol. The molecule has 0 radical (unpaired) electrons. The molecule has 0 fully saturated rings. The van der Waals surface area contributed by atoms with Gasteiger partial charge in [-0.05, 0) is 31.2 Å². The van der Waals surface area contributed by atoms with Crippen LogP contribution in [0.3, 0.4) is 0 Å². The Hall–Kier alpha value is -2.44. The minimum absolute atomic E-state index is 0.334. The molecule has 5 nitrogen and oxygen atoms in total. The van der Waals surface area contributed by atoms with E-state index < -0.39 is 18.0 Å². The Balaban J connectivity index is 2.06. The fourth-order valence-electron chi connectivity index (χ4n) is 2.36. The third-order valence-corrected chi connectivity index (χ3v) is 4.83. The first-order chi connectivity index (χ1) is 12.0. The molecule has 128 valence electrons. The van der Waals surface area contributed by atoms with Crippen molar-refractivity contribution in [1.29, 1.82) is 0 Å². The molecule has 0 aliphatic rings. The first-order valence-corrected chi connectivity index (χ1v) is 8.63. The van der Waals surface area contributed by atoms with Crippen LogP contribution in [-0.4, -0.2) is 30.1 Å². The van der Waals surface area contributed by atoms with Crippen molar-refractivity contribution in [1.82, 2.24) is 4.98 Å². The summed E-state index contributed by atoms with van der Waals surface area (Å²) in [6.07, 6.45) is -0.996. The Kier molecular flexibility index (Phi) is 5.01. The summed E-state index contributed by atoms with van der Waals surface area (Å²) >= 11 is 7.37. The van der Waals surface area contributed by atoms with Crippen LogP contribution in [-0.2, 0) is 14.3 Å². The largest absolute Gasteiger partial charge is 0.466 e. The van der Waals surface area contributed by atoms with E-state index in [0.29, 0.717) is 26.5 Å². The van der Waals surface area contributed by atoms with Gasteiger partial charge in [0.2, 0.25) is 0 Å². The number of carbonyl (C=O) groups excluding carboxylic acids is 2. The molecule has 1 unspecified atom stereocenters. The van der Waals surface area contributed by atoms with E-state index in [0.717, 1.165) is 4.88 Å². The van der Waals surface area contributed by atoms with Gasteiger partial charge >= 0.3 is 11.9 Å². The molecule has 0 spiro atoms. The molecule has 2 heterocycles. The third-order valence-electron chi connectivity index (χ3n) is 3.58.